The average molecular weight is 289 g/mol. The fourth-order valence-corrected chi connectivity index (χ4v) is 2.44. The SMILES string of the molecule is O=C(Nc1cc(Cl)ccn1)C1OCCc2ccccc21. The number of nitrogens with zero attached hydrogens (tertiary/aromatic N) is 1. The first-order chi connectivity index (χ1) is 9.74. The monoisotopic (exact) mass is 288 g/mol. The van der Waals surface area contributed by atoms with E-state index in [0.29, 0.717) is 17.4 Å². The van der Waals surface area contributed by atoms with Gasteiger partial charge in [-0.15, -0.1) is 0 Å². The zero-order valence-corrected chi connectivity index (χ0v) is 11.4. The van der Waals surface area contributed by atoms with Gasteiger partial charge in [-0.3, -0.25) is 4.79 Å². The van der Waals surface area contributed by atoms with E-state index in [1.807, 2.05) is 24.3 Å². The Kier molecular flexibility index (Phi) is 3.67. The summed E-state index contributed by atoms with van der Waals surface area (Å²) in [6, 6.07) is 11.1. The maximum Gasteiger partial charge on any atom is 0.259 e. The largest absolute Gasteiger partial charge is 0.363 e. The number of fused-ring (bicyclic) bond motifs is 1. The van der Waals surface area contributed by atoms with Crippen molar-refractivity contribution >= 4 is 23.3 Å². The molecule has 0 saturated heterocycles. The molecule has 0 bridgehead atoms. The summed E-state index contributed by atoms with van der Waals surface area (Å²) in [5.41, 5.74) is 2.07. The molecule has 2 aromatic rings. The molecule has 20 heavy (non-hydrogen) atoms. The third-order valence-electron chi connectivity index (χ3n) is 3.20. The van der Waals surface area contributed by atoms with Gasteiger partial charge in [0, 0.05) is 11.2 Å². The number of benzene rings is 1. The van der Waals surface area contributed by atoms with Crippen molar-refractivity contribution in [2.45, 2.75) is 12.5 Å². The van der Waals surface area contributed by atoms with Gasteiger partial charge in [-0.05, 0) is 29.7 Å². The highest BCUT2D eigenvalue weighted by molar-refractivity contribution is 6.30. The second kappa shape index (κ2) is 5.61. The highest BCUT2D eigenvalue weighted by Crippen LogP contribution is 2.28. The molecule has 0 saturated carbocycles. The number of pyridine rings is 1. The van der Waals surface area contributed by atoms with Gasteiger partial charge < -0.3 is 10.1 Å². The Morgan fingerprint density at radius 3 is 3.05 bits per heavy atom. The van der Waals surface area contributed by atoms with Crippen LogP contribution in [-0.4, -0.2) is 17.5 Å². The third-order valence-corrected chi connectivity index (χ3v) is 3.44. The number of ether oxygens (including phenoxy) is 1. The lowest BCUT2D eigenvalue weighted by atomic mass is 9.97. The Balaban J connectivity index is 1.82. The van der Waals surface area contributed by atoms with Gasteiger partial charge >= 0.3 is 0 Å². The summed E-state index contributed by atoms with van der Waals surface area (Å²) in [5.74, 6) is 0.195. The highest BCUT2D eigenvalue weighted by atomic mass is 35.5. The number of nitrogens with one attached hydrogen (secondary N) is 1. The van der Waals surface area contributed by atoms with Gasteiger partial charge in [0.2, 0.25) is 0 Å². The van der Waals surface area contributed by atoms with Crippen molar-refractivity contribution in [2.75, 3.05) is 11.9 Å². The second-order valence-electron chi connectivity index (χ2n) is 4.55. The van der Waals surface area contributed by atoms with E-state index in [1.165, 1.54) is 0 Å². The molecule has 5 heteroatoms. The minimum Gasteiger partial charge on any atom is -0.363 e. The number of hydrogen-bond acceptors (Lipinski definition) is 3. The zero-order chi connectivity index (χ0) is 13.9. The standard InChI is InChI=1S/C15H13ClN2O2/c16-11-5-7-17-13(9-11)18-15(19)14-12-4-2-1-3-10(12)6-8-20-14/h1-5,7,9,14H,6,8H2,(H,17,18,19). The first-order valence-corrected chi connectivity index (χ1v) is 6.73. The van der Waals surface area contributed by atoms with Crippen LogP contribution in [0.1, 0.15) is 17.2 Å². The minimum atomic E-state index is -0.597. The molecule has 1 aliphatic rings. The van der Waals surface area contributed by atoms with Crippen molar-refractivity contribution in [3.05, 3.63) is 58.7 Å². The van der Waals surface area contributed by atoms with E-state index in [0.717, 1.165) is 17.5 Å². The van der Waals surface area contributed by atoms with Crippen molar-refractivity contribution < 1.29 is 9.53 Å². The molecule has 1 amide bonds. The van der Waals surface area contributed by atoms with E-state index in [4.69, 9.17) is 16.3 Å². The molecule has 0 radical (unpaired) electrons. The van der Waals surface area contributed by atoms with Crippen molar-refractivity contribution in [1.29, 1.82) is 0 Å². The Hall–Kier alpha value is -1.91. The normalized spacial score (nSPS) is 17.4. The predicted molar refractivity (Wildman–Crippen MR) is 76.7 cm³/mol. The van der Waals surface area contributed by atoms with Crippen LogP contribution < -0.4 is 5.32 Å². The van der Waals surface area contributed by atoms with E-state index < -0.39 is 6.10 Å². The van der Waals surface area contributed by atoms with Crippen LogP contribution in [0.25, 0.3) is 0 Å². The first kappa shape index (κ1) is 13.1. The maximum absolute atomic E-state index is 12.3. The maximum atomic E-state index is 12.3. The molecule has 0 fully saturated rings. The zero-order valence-electron chi connectivity index (χ0n) is 10.7. The number of amides is 1. The molecule has 3 rings (SSSR count). The Morgan fingerprint density at radius 1 is 1.35 bits per heavy atom. The number of aromatic nitrogens is 1. The van der Waals surface area contributed by atoms with Crippen LogP contribution in [0.5, 0.6) is 0 Å². The summed E-state index contributed by atoms with van der Waals surface area (Å²) in [6.45, 7) is 0.540. The summed E-state index contributed by atoms with van der Waals surface area (Å²) in [6.07, 6.45) is 1.78. The lowest BCUT2D eigenvalue weighted by Crippen LogP contribution is -2.28. The van der Waals surface area contributed by atoms with E-state index in [9.17, 15) is 4.79 Å². The van der Waals surface area contributed by atoms with Gasteiger partial charge in [-0.1, -0.05) is 35.9 Å². The fraction of sp³-hybridized carbons (Fsp3) is 0.200. The van der Waals surface area contributed by atoms with Crippen molar-refractivity contribution in [3.63, 3.8) is 0 Å². The topological polar surface area (TPSA) is 51.2 Å². The minimum absolute atomic E-state index is 0.230. The molecule has 0 spiro atoms. The predicted octanol–water partition coefficient (Wildman–Crippen LogP) is 2.99. The van der Waals surface area contributed by atoms with Gasteiger partial charge in [0.1, 0.15) is 5.82 Å². The van der Waals surface area contributed by atoms with Crippen LogP contribution in [0.3, 0.4) is 0 Å². The first-order valence-electron chi connectivity index (χ1n) is 6.36. The molecule has 2 heterocycles. The van der Waals surface area contributed by atoms with E-state index in [2.05, 4.69) is 10.3 Å². The van der Waals surface area contributed by atoms with Crippen LogP contribution in [0.15, 0.2) is 42.6 Å². The number of carbonyl (C=O) groups is 1. The van der Waals surface area contributed by atoms with Crippen molar-refractivity contribution in [2.24, 2.45) is 0 Å². The Bertz CT molecular complexity index is 645. The van der Waals surface area contributed by atoms with Crippen LogP contribution >= 0.6 is 11.6 Å². The van der Waals surface area contributed by atoms with Crippen LogP contribution in [0.2, 0.25) is 5.02 Å². The molecule has 1 aromatic heterocycles. The molecule has 4 nitrogen and oxygen atoms in total. The summed E-state index contributed by atoms with van der Waals surface area (Å²) in [5, 5.41) is 3.26. The summed E-state index contributed by atoms with van der Waals surface area (Å²) in [7, 11) is 0. The van der Waals surface area contributed by atoms with Gasteiger partial charge in [-0.2, -0.15) is 0 Å². The summed E-state index contributed by atoms with van der Waals surface area (Å²) >= 11 is 5.87. The number of anilines is 1. The molecule has 1 unspecified atom stereocenters. The molecular weight excluding hydrogens is 276 g/mol. The van der Waals surface area contributed by atoms with Gasteiger partial charge in [0.05, 0.1) is 6.61 Å². The molecule has 1 aliphatic heterocycles. The third kappa shape index (κ3) is 2.66. The molecule has 1 aromatic carbocycles. The molecule has 0 aliphatic carbocycles. The van der Waals surface area contributed by atoms with Gasteiger partial charge in [-0.25, -0.2) is 4.98 Å². The van der Waals surface area contributed by atoms with E-state index in [-0.39, 0.29) is 5.91 Å². The fourth-order valence-electron chi connectivity index (χ4n) is 2.28. The van der Waals surface area contributed by atoms with Crippen LogP contribution in [0.4, 0.5) is 5.82 Å². The summed E-state index contributed by atoms with van der Waals surface area (Å²) in [4.78, 5) is 16.4. The number of rotatable bonds is 2. The van der Waals surface area contributed by atoms with Crippen LogP contribution in [-0.2, 0) is 16.0 Å². The molecule has 102 valence electrons. The Morgan fingerprint density at radius 2 is 2.20 bits per heavy atom. The lowest BCUT2D eigenvalue weighted by Gasteiger charge is -2.25. The van der Waals surface area contributed by atoms with Crippen LogP contribution in [0, 0.1) is 0 Å². The van der Waals surface area contributed by atoms with Crippen molar-refractivity contribution in [1.82, 2.24) is 4.98 Å². The second-order valence-corrected chi connectivity index (χ2v) is 4.98. The quantitative estimate of drug-likeness (QED) is 0.924. The van der Waals surface area contributed by atoms with Crippen molar-refractivity contribution in [3.8, 4) is 0 Å². The molecule has 1 N–H and O–H groups in total. The van der Waals surface area contributed by atoms with E-state index >= 15 is 0 Å². The average Bonchev–Trinajstić information content (AvgIpc) is 2.46. The number of carbonyl (C=O) groups excluding carboxylic acids is 1. The Labute approximate surface area is 121 Å². The van der Waals surface area contributed by atoms with Gasteiger partial charge in [0.15, 0.2) is 6.10 Å². The van der Waals surface area contributed by atoms with Gasteiger partial charge in [0.25, 0.3) is 5.91 Å². The smallest absolute Gasteiger partial charge is 0.259 e. The number of halogens is 1. The summed E-state index contributed by atoms with van der Waals surface area (Å²) < 4.78 is 5.60. The molecule has 1 atom stereocenters. The number of hydrogen-bond donors (Lipinski definition) is 1. The molecular formula is C15H13ClN2O2. The lowest BCUT2D eigenvalue weighted by molar-refractivity contribution is -0.128. The highest BCUT2D eigenvalue weighted by Gasteiger charge is 2.27. The van der Waals surface area contributed by atoms with E-state index in [1.54, 1.807) is 18.3 Å².